The van der Waals surface area contributed by atoms with E-state index >= 15 is 0 Å². The van der Waals surface area contributed by atoms with E-state index in [1.165, 1.54) is 16.0 Å². The number of ether oxygens (including phenoxy) is 1. The lowest BCUT2D eigenvalue weighted by Gasteiger charge is -2.20. The number of hydrogen-bond acceptors (Lipinski definition) is 3. The van der Waals surface area contributed by atoms with Gasteiger partial charge in [0.2, 0.25) is 0 Å². The maximum atomic E-state index is 5.55. The summed E-state index contributed by atoms with van der Waals surface area (Å²) < 4.78 is 6.66. The largest absolute Gasteiger partial charge is 0.496 e. The molecule has 1 aromatic carbocycles. The Morgan fingerprint density at radius 3 is 2.79 bits per heavy atom. The van der Waals surface area contributed by atoms with Crippen LogP contribution in [0.25, 0.3) is 0 Å². The quantitative estimate of drug-likeness (QED) is 0.864. The molecule has 1 atom stereocenters. The van der Waals surface area contributed by atoms with Crippen molar-refractivity contribution in [3.63, 3.8) is 0 Å². The highest BCUT2D eigenvalue weighted by Gasteiger charge is 2.19. The van der Waals surface area contributed by atoms with Crippen LogP contribution < -0.4 is 10.1 Å². The van der Waals surface area contributed by atoms with Crippen LogP contribution >= 0.6 is 27.3 Å². The van der Waals surface area contributed by atoms with Gasteiger partial charge in [0.15, 0.2) is 0 Å². The summed E-state index contributed by atoms with van der Waals surface area (Å²) in [6.07, 6.45) is 0. The number of rotatable bonds is 5. The minimum absolute atomic E-state index is 0.178. The van der Waals surface area contributed by atoms with Gasteiger partial charge >= 0.3 is 0 Å². The number of hydrogen-bond donors (Lipinski definition) is 1. The SMILES string of the molecule is CCNC(c1cccs1)c1cc(Br)c(C)cc1OC. The first-order valence-corrected chi connectivity index (χ1v) is 7.95. The normalized spacial score (nSPS) is 12.4. The fourth-order valence-corrected chi connectivity index (χ4v) is 3.28. The van der Waals surface area contributed by atoms with Gasteiger partial charge in [-0.25, -0.2) is 0 Å². The first-order valence-electron chi connectivity index (χ1n) is 6.28. The highest BCUT2D eigenvalue weighted by molar-refractivity contribution is 9.10. The molecular formula is C15H18BrNOS. The number of halogens is 1. The maximum Gasteiger partial charge on any atom is 0.124 e. The second-order valence-corrected chi connectivity index (χ2v) is 6.18. The van der Waals surface area contributed by atoms with E-state index in [4.69, 9.17) is 4.74 Å². The van der Waals surface area contributed by atoms with Crippen molar-refractivity contribution in [1.29, 1.82) is 0 Å². The van der Waals surface area contributed by atoms with E-state index in [0.717, 1.165) is 16.8 Å². The first kappa shape index (κ1) is 14.6. The Morgan fingerprint density at radius 2 is 2.21 bits per heavy atom. The molecule has 0 radical (unpaired) electrons. The molecule has 1 N–H and O–H groups in total. The predicted octanol–water partition coefficient (Wildman–Crippen LogP) is 4.53. The Morgan fingerprint density at radius 1 is 1.42 bits per heavy atom. The molecule has 1 heterocycles. The molecule has 2 nitrogen and oxygen atoms in total. The van der Waals surface area contributed by atoms with Gasteiger partial charge in [0.05, 0.1) is 13.2 Å². The Hall–Kier alpha value is -0.840. The van der Waals surface area contributed by atoms with Gasteiger partial charge in [0, 0.05) is 14.9 Å². The number of methoxy groups -OCH3 is 1. The molecular weight excluding hydrogens is 322 g/mol. The van der Waals surface area contributed by atoms with E-state index in [1.807, 2.05) is 0 Å². The summed E-state index contributed by atoms with van der Waals surface area (Å²) in [6.45, 7) is 5.11. The van der Waals surface area contributed by atoms with Crippen LogP contribution in [0.4, 0.5) is 0 Å². The minimum atomic E-state index is 0.178. The Bertz CT molecular complexity index is 539. The van der Waals surface area contributed by atoms with E-state index in [2.05, 4.69) is 64.7 Å². The van der Waals surface area contributed by atoms with Gasteiger partial charge < -0.3 is 10.1 Å². The van der Waals surface area contributed by atoms with Crippen molar-refractivity contribution < 1.29 is 4.74 Å². The molecule has 2 aromatic rings. The molecule has 19 heavy (non-hydrogen) atoms. The van der Waals surface area contributed by atoms with Crippen LogP contribution in [-0.4, -0.2) is 13.7 Å². The zero-order valence-corrected chi connectivity index (χ0v) is 13.8. The number of aryl methyl sites for hydroxylation is 1. The lowest BCUT2D eigenvalue weighted by Crippen LogP contribution is -2.21. The monoisotopic (exact) mass is 339 g/mol. The predicted molar refractivity (Wildman–Crippen MR) is 85.3 cm³/mol. The van der Waals surface area contributed by atoms with Crippen molar-refractivity contribution in [2.45, 2.75) is 19.9 Å². The molecule has 102 valence electrons. The lowest BCUT2D eigenvalue weighted by atomic mass is 10.0. The topological polar surface area (TPSA) is 21.3 Å². The third-order valence-electron chi connectivity index (χ3n) is 3.06. The first-order chi connectivity index (χ1) is 9.17. The average Bonchev–Trinajstić information content (AvgIpc) is 2.92. The van der Waals surface area contributed by atoms with Crippen molar-refractivity contribution >= 4 is 27.3 Å². The Kier molecular flexibility index (Phi) is 5.02. The summed E-state index contributed by atoms with van der Waals surface area (Å²) in [5.74, 6) is 0.931. The highest BCUT2D eigenvalue weighted by Crippen LogP contribution is 2.35. The highest BCUT2D eigenvalue weighted by atomic mass is 79.9. The van der Waals surface area contributed by atoms with Crippen molar-refractivity contribution in [2.75, 3.05) is 13.7 Å². The summed E-state index contributed by atoms with van der Waals surface area (Å²) in [7, 11) is 1.73. The third kappa shape index (κ3) is 3.19. The van der Waals surface area contributed by atoms with Crippen molar-refractivity contribution in [2.24, 2.45) is 0 Å². The van der Waals surface area contributed by atoms with Crippen LogP contribution in [0.2, 0.25) is 0 Å². The molecule has 1 aromatic heterocycles. The third-order valence-corrected chi connectivity index (χ3v) is 4.85. The van der Waals surface area contributed by atoms with Crippen LogP contribution in [0, 0.1) is 6.92 Å². The zero-order chi connectivity index (χ0) is 13.8. The zero-order valence-electron chi connectivity index (χ0n) is 11.4. The summed E-state index contributed by atoms with van der Waals surface area (Å²) in [5.41, 5.74) is 2.35. The minimum Gasteiger partial charge on any atom is -0.496 e. The van der Waals surface area contributed by atoms with Crippen LogP contribution in [0.15, 0.2) is 34.1 Å². The van der Waals surface area contributed by atoms with Crippen LogP contribution in [0.3, 0.4) is 0 Å². The summed E-state index contributed by atoms with van der Waals surface area (Å²) >= 11 is 5.37. The van der Waals surface area contributed by atoms with Crippen LogP contribution in [-0.2, 0) is 0 Å². The Labute approximate surface area is 126 Å². The van der Waals surface area contributed by atoms with E-state index in [0.29, 0.717) is 0 Å². The van der Waals surface area contributed by atoms with Gasteiger partial charge in [-0.05, 0) is 42.6 Å². The molecule has 0 amide bonds. The van der Waals surface area contributed by atoms with Gasteiger partial charge in [-0.3, -0.25) is 0 Å². The fourth-order valence-electron chi connectivity index (χ4n) is 2.10. The van der Waals surface area contributed by atoms with E-state index in [1.54, 1.807) is 18.4 Å². The summed E-state index contributed by atoms with van der Waals surface area (Å²) in [4.78, 5) is 1.30. The van der Waals surface area contributed by atoms with Gasteiger partial charge in [0.1, 0.15) is 5.75 Å². The lowest BCUT2D eigenvalue weighted by molar-refractivity contribution is 0.404. The van der Waals surface area contributed by atoms with E-state index in [9.17, 15) is 0 Å². The van der Waals surface area contributed by atoms with Gasteiger partial charge in [-0.1, -0.05) is 28.9 Å². The molecule has 0 bridgehead atoms. The second-order valence-electron chi connectivity index (χ2n) is 4.35. The Balaban J connectivity index is 2.50. The molecule has 2 rings (SSSR count). The molecule has 0 aliphatic rings. The molecule has 0 aliphatic carbocycles. The molecule has 0 saturated heterocycles. The molecule has 0 saturated carbocycles. The van der Waals surface area contributed by atoms with Crippen molar-refractivity contribution in [1.82, 2.24) is 5.32 Å². The van der Waals surface area contributed by atoms with Crippen LogP contribution in [0.1, 0.15) is 29.0 Å². The summed E-state index contributed by atoms with van der Waals surface area (Å²) in [6, 6.07) is 8.65. The van der Waals surface area contributed by atoms with E-state index < -0.39 is 0 Å². The molecule has 4 heteroatoms. The average molecular weight is 340 g/mol. The second kappa shape index (κ2) is 6.55. The summed E-state index contributed by atoms with van der Waals surface area (Å²) in [5, 5.41) is 5.64. The fraction of sp³-hybridized carbons (Fsp3) is 0.333. The van der Waals surface area contributed by atoms with E-state index in [-0.39, 0.29) is 6.04 Å². The molecule has 1 unspecified atom stereocenters. The van der Waals surface area contributed by atoms with Crippen molar-refractivity contribution in [3.05, 3.63) is 50.1 Å². The molecule has 0 aliphatic heterocycles. The number of nitrogens with one attached hydrogen (secondary N) is 1. The van der Waals surface area contributed by atoms with Gasteiger partial charge in [0.25, 0.3) is 0 Å². The molecule has 0 fully saturated rings. The van der Waals surface area contributed by atoms with Gasteiger partial charge in [-0.15, -0.1) is 11.3 Å². The standard InChI is InChI=1S/C15H18BrNOS/c1-4-17-15(14-6-5-7-19-14)11-9-12(16)10(2)8-13(11)18-3/h5-9,15,17H,4H2,1-3H3. The van der Waals surface area contributed by atoms with Crippen molar-refractivity contribution in [3.8, 4) is 5.75 Å². The number of thiophene rings is 1. The smallest absolute Gasteiger partial charge is 0.124 e. The van der Waals surface area contributed by atoms with Gasteiger partial charge in [-0.2, -0.15) is 0 Å². The molecule has 0 spiro atoms. The maximum absolute atomic E-state index is 5.55. The number of benzene rings is 1. The van der Waals surface area contributed by atoms with Crippen LogP contribution in [0.5, 0.6) is 5.75 Å².